The van der Waals surface area contributed by atoms with Crippen LogP contribution in [0.1, 0.15) is 5.56 Å². The second-order valence-electron chi connectivity index (χ2n) is 7.67. The fourth-order valence-corrected chi connectivity index (χ4v) is 4.71. The largest absolute Gasteiger partial charge is 0.507 e. The lowest BCUT2D eigenvalue weighted by molar-refractivity contribution is -0.128. The molecule has 2 aromatic rings. The van der Waals surface area contributed by atoms with E-state index in [0.29, 0.717) is 64.4 Å². The summed E-state index contributed by atoms with van der Waals surface area (Å²) in [6.07, 6.45) is 1.32. The molecule has 0 radical (unpaired) electrons. The van der Waals surface area contributed by atoms with Gasteiger partial charge in [-0.15, -0.1) is 0 Å². The molecule has 1 fully saturated rings. The van der Waals surface area contributed by atoms with E-state index in [0.717, 1.165) is 0 Å². The van der Waals surface area contributed by atoms with E-state index in [-0.39, 0.29) is 24.3 Å². The van der Waals surface area contributed by atoms with Crippen molar-refractivity contribution in [1.82, 2.24) is 9.80 Å². The Morgan fingerprint density at radius 1 is 1.36 bits per heavy atom. The van der Waals surface area contributed by atoms with Crippen LogP contribution in [-0.2, 0) is 4.79 Å². The summed E-state index contributed by atoms with van der Waals surface area (Å²) in [6.45, 7) is 9.18. The van der Waals surface area contributed by atoms with E-state index < -0.39 is 0 Å². The third-order valence-electron chi connectivity index (χ3n) is 5.96. The number of amidine groups is 1. The average molecular weight is 469 g/mol. The smallest absolute Gasteiger partial charge is 0.246 e. The van der Waals surface area contributed by atoms with Gasteiger partial charge in [0.1, 0.15) is 23.9 Å². The van der Waals surface area contributed by atoms with Gasteiger partial charge in [0.2, 0.25) is 5.91 Å². The molecule has 1 amide bonds. The van der Waals surface area contributed by atoms with Crippen molar-refractivity contribution in [3.8, 4) is 28.4 Å². The summed E-state index contributed by atoms with van der Waals surface area (Å²) in [5.41, 5.74) is 2.08. The molecular formula is C24H25ClN4O4. The van der Waals surface area contributed by atoms with Crippen LogP contribution in [0, 0.1) is 0 Å². The number of benzene rings is 2. The SMILES string of the molecule is C=CC(=O)N1CCN2C(=NC)c3c(N=C)cc(-c4c(O)cccc4OC)c(Cl)c3OC[C@@H]2C1. The van der Waals surface area contributed by atoms with Crippen molar-refractivity contribution in [2.75, 3.05) is 40.4 Å². The average Bonchev–Trinajstić information content (AvgIpc) is 3.00. The lowest BCUT2D eigenvalue weighted by atomic mass is 9.98. The highest BCUT2D eigenvalue weighted by atomic mass is 35.5. The summed E-state index contributed by atoms with van der Waals surface area (Å²) in [5, 5.41) is 10.9. The summed E-state index contributed by atoms with van der Waals surface area (Å²) >= 11 is 6.88. The second kappa shape index (κ2) is 9.15. The summed E-state index contributed by atoms with van der Waals surface area (Å²) in [4.78, 5) is 24.8. The first kappa shape index (κ1) is 22.7. The van der Waals surface area contributed by atoms with Crippen LogP contribution in [0.4, 0.5) is 5.69 Å². The number of phenolic OH excluding ortho intramolecular Hbond substituents is 1. The van der Waals surface area contributed by atoms with Gasteiger partial charge in [0.15, 0.2) is 5.75 Å². The quantitative estimate of drug-likeness (QED) is 0.548. The molecule has 2 aliphatic heterocycles. The fraction of sp³-hybridized carbons (Fsp3) is 0.292. The first-order valence-corrected chi connectivity index (χ1v) is 10.8. The van der Waals surface area contributed by atoms with Gasteiger partial charge in [-0.3, -0.25) is 14.8 Å². The van der Waals surface area contributed by atoms with Crippen LogP contribution in [0.15, 0.2) is 46.9 Å². The lowest BCUT2D eigenvalue weighted by Crippen LogP contribution is -2.57. The number of halogens is 1. The third kappa shape index (κ3) is 3.80. The Hall–Kier alpha value is -3.52. The first-order chi connectivity index (χ1) is 15.9. The number of methoxy groups -OCH3 is 1. The number of ether oxygens (including phenoxy) is 2. The highest BCUT2D eigenvalue weighted by molar-refractivity contribution is 6.36. The fourth-order valence-electron chi connectivity index (χ4n) is 4.41. The molecule has 1 N–H and O–H groups in total. The van der Waals surface area contributed by atoms with Gasteiger partial charge in [-0.05, 0) is 31.0 Å². The van der Waals surface area contributed by atoms with Crippen LogP contribution < -0.4 is 9.47 Å². The van der Waals surface area contributed by atoms with Gasteiger partial charge in [-0.1, -0.05) is 24.2 Å². The number of piperazine rings is 1. The topological polar surface area (TPSA) is 87.0 Å². The van der Waals surface area contributed by atoms with Crippen LogP contribution in [-0.4, -0.2) is 79.8 Å². The molecule has 33 heavy (non-hydrogen) atoms. The van der Waals surface area contributed by atoms with Gasteiger partial charge in [0.25, 0.3) is 0 Å². The van der Waals surface area contributed by atoms with Crippen molar-refractivity contribution in [3.63, 3.8) is 0 Å². The van der Waals surface area contributed by atoms with E-state index in [9.17, 15) is 9.90 Å². The van der Waals surface area contributed by atoms with Crippen molar-refractivity contribution in [1.29, 1.82) is 0 Å². The Kier molecular flexibility index (Phi) is 6.29. The van der Waals surface area contributed by atoms with Crippen molar-refractivity contribution < 1.29 is 19.4 Å². The Morgan fingerprint density at radius 2 is 2.15 bits per heavy atom. The molecule has 0 aromatic heterocycles. The van der Waals surface area contributed by atoms with E-state index >= 15 is 0 Å². The molecule has 1 saturated heterocycles. The number of nitrogens with zero attached hydrogens (tertiary/aromatic N) is 4. The highest BCUT2D eigenvalue weighted by Crippen LogP contribution is 2.49. The molecule has 0 spiro atoms. The molecule has 2 aromatic carbocycles. The van der Waals surface area contributed by atoms with E-state index in [1.807, 2.05) is 0 Å². The first-order valence-electron chi connectivity index (χ1n) is 10.4. The lowest BCUT2D eigenvalue weighted by Gasteiger charge is -2.41. The van der Waals surface area contributed by atoms with Gasteiger partial charge in [-0.2, -0.15) is 0 Å². The number of fused-ring (bicyclic) bond motifs is 2. The van der Waals surface area contributed by atoms with E-state index in [2.05, 4.69) is 28.2 Å². The number of rotatable bonds is 4. The predicted octanol–water partition coefficient (Wildman–Crippen LogP) is 3.52. The number of hydrogen-bond acceptors (Lipinski definition) is 6. The zero-order valence-corrected chi connectivity index (χ0v) is 19.3. The van der Waals surface area contributed by atoms with Gasteiger partial charge in [0, 0.05) is 32.2 Å². The summed E-state index contributed by atoms with van der Waals surface area (Å²) in [5.74, 6) is 1.42. The molecule has 2 heterocycles. The van der Waals surface area contributed by atoms with Gasteiger partial charge >= 0.3 is 0 Å². The maximum absolute atomic E-state index is 12.2. The molecule has 8 nitrogen and oxygen atoms in total. The van der Waals surface area contributed by atoms with E-state index in [1.165, 1.54) is 13.2 Å². The highest BCUT2D eigenvalue weighted by Gasteiger charge is 2.37. The summed E-state index contributed by atoms with van der Waals surface area (Å²) < 4.78 is 11.7. The van der Waals surface area contributed by atoms with Gasteiger partial charge in [0.05, 0.1) is 35.0 Å². The molecule has 0 bridgehead atoms. The maximum atomic E-state index is 12.2. The van der Waals surface area contributed by atoms with E-state index in [4.69, 9.17) is 21.1 Å². The van der Waals surface area contributed by atoms with Gasteiger partial charge in [-0.25, -0.2) is 0 Å². The molecule has 4 rings (SSSR count). The second-order valence-corrected chi connectivity index (χ2v) is 8.05. The summed E-state index contributed by atoms with van der Waals surface area (Å²) in [6, 6.07) is 6.60. The standard InChI is InChI=1S/C24H25ClN4O4/c1-5-19(31)28-9-10-29-14(12-28)13-33-23-21(24(29)27-3)16(26-2)11-15(22(23)25)20-17(30)7-6-8-18(20)32-4/h5-8,11,14,30H,1-2,9-10,12-13H2,3-4H3/t14-/m0/s1. The minimum Gasteiger partial charge on any atom is -0.507 e. The van der Waals surface area contributed by atoms with Crippen molar-refractivity contribution in [3.05, 3.63) is 47.5 Å². The van der Waals surface area contributed by atoms with Crippen molar-refractivity contribution >= 4 is 35.7 Å². The third-order valence-corrected chi connectivity index (χ3v) is 6.34. The predicted molar refractivity (Wildman–Crippen MR) is 130 cm³/mol. The van der Waals surface area contributed by atoms with Crippen LogP contribution >= 0.6 is 11.6 Å². The zero-order chi connectivity index (χ0) is 23.7. The number of amides is 1. The Labute approximate surface area is 197 Å². The van der Waals surface area contributed by atoms with Crippen LogP contribution in [0.2, 0.25) is 5.02 Å². The summed E-state index contributed by atoms with van der Waals surface area (Å²) in [7, 11) is 3.22. The molecule has 9 heteroatoms. The molecule has 0 saturated carbocycles. The van der Waals surface area contributed by atoms with Crippen LogP contribution in [0.5, 0.6) is 17.2 Å². The Balaban J connectivity index is 1.87. The minimum absolute atomic E-state index is 0.0141. The zero-order valence-electron chi connectivity index (χ0n) is 18.5. The molecule has 1 atom stereocenters. The normalized spacial score (nSPS) is 18.6. The van der Waals surface area contributed by atoms with Crippen molar-refractivity contribution in [2.45, 2.75) is 6.04 Å². The van der Waals surface area contributed by atoms with E-state index in [1.54, 1.807) is 36.2 Å². The number of carbonyl (C=O) groups excluding carboxylic acids is 1. The Morgan fingerprint density at radius 3 is 2.82 bits per heavy atom. The number of aliphatic imine (C=N–C) groups is 2. The number of hydrogen-bond donors (Lipinski definition) is 1. The number of phenols is 1. The van der Waals surface area contributed by atoms with Crippen LogP contribution in [0.3, 0.4) is 0 Å². The minimum atomic E-state index is -0.134. The molecule has 172 valence electrons. The van der Waals surface area contributed by atoms with Gasteiger partial charge < -0.3 is 24.4 Å². The monoisotopic (exact) mass is 468 g/mol. The molecule has 2 aliphatic rings. The van der Waals surface area contributed by atoms with Crippen LogP contribution in [0.25, 0.3) is 11.1 Å². The Bertz CT molecular complexity index is 1160. The molecule has 0 aliphatic carbocycles. The number of aromatic hydroxyl groups is 1. The van der Waals surface area contributed by atoms with Crippen molar-refractivity contribution in [2.24, 2.45) is 9.98 Å². The molecule has 0 unspecified atom stereocenters. The molecular weight excluding hydrogens is 444 g/mol. The maximum Gasteiger partial charge on any atom is 0.246 e. The number of carbonyl (C=O) groups is 1.